The molecule has 3 rings (SSSR count). The average Bonchev–Trinajstić information content (AvgIpc) is 3.01. The first kappa shape index (κ1) is 19.7. The molecule has 5 nitrogen and oxygen atoms in total. The number of rotatable bonds is 6. The molecule has 0 saturated carbocycles. The Balaban J connectivity index is 1.64. The molecule has 1 unspecified atom stereocenters. The summed E-state index contributed by atoms with van der Waals surface area (Å²) in [6, 6.07) is 15.0. The summed E-state index contributed by atoms with van der Waals surface area (Å²) in [5.41, 5.74) is 2.01. The van der Waals surface area contributed by atoms with Crippen LogP contribution in [0.1, 0.15) is 13.3 Å². The van der Waals surface area contributed by atoms with Crippen molar-refractivity contribution >= 4 is 27.3 Å². The van der Waals surface area contributed by atoms with Gasteiger partial charge in [-0.05, 0) is 36.6 Å². The van der Waals surface area contributed by atoms with Crippen LogP contribution >= 0.6 is 11.6 Å². The molecule has 0 aromatic heterocycles. The van der Waals surface area contributed by atoms with Gasteiger partial charge in [-0.3, -0.25) is 4.79 Å². The van der Waals surface area contributed by atoms with E-state index < -0.39 is 9.84 Å². The quantitative estimate of drug-likeness (QED) is 0.736. The summed E-state index contributed by atoms with van der Waals surface area (Å²) in [6.45, 7) is 2.11. The number of carbonyl (C=O) groups is 1. The molecule has 0 N–H and O–H groups in total. The van der Waals surface area contributed by atoms with Crippen LogP contribution in [0.25, 0.3) is 11.1 Å². The molecule has 1 fully saturated rings. The third-order valence-corrected chi connectivity index (χ3v) is 6.75. The van der Waals surface area contributed by atoms with Crippen LogP contribution in [0.3, 0.4) is 0 Å². The van der Waals surface area contributed by atoms with Gasteiger partial charge in [-0.25, -0.2) is 8.42 Å². The van der Waals surface area contributed by atoms with Crippen LogP contribution in [0, 0.1) is 0 Å². The molecule has 0 bridgehead atoms. The number of benzene rings is 2. The van der Waals surface area contributed by atoms with Gasteiger partial charge in [0.1, 0.15) is 5.75 Å². The average molecular weight is 408 g/mol. The second-order valence-corrected chi connectivity index (χ2v) is 9.17. The number of carbonyl (C=O) groups excluding carboxylic acids is 1. The molecule has 0 aliphatic carbocycles. The van der Waals surface area contributed by atoms with Gasteiger partial charge in [0.05, 0.1) is 16.5 Å². The van der Waals surface area contributed by atoms with Gasteiger partial charge in [0.2, 0.25) is 0 Å². The zero-order chi connectivity index (χ0) is 19.4. The zero-order valence-electron chi connectivity index (χ0n) is 15.1. The normalized spacial score (nSPS) is 18.2. The van der Waals surface area contributed by atoms with Crippen molar-refractivity contribution < 1.29 is 17.9 Å². The van der Waals surface area contributed by atoms with Crippen molar-refractivity contribution in [2.24, 2.45) is 0 Å². The highest BCUT2D eigenvalue weighted by Gasteiger charge is 2.34. The molecule has 1 atom stereocenters. The Morgan fingerprint density at radius 1 is 1.19 bits per heavy atom. The van der Waals surface area contributed by atoms with Gasteiger partial charge in [0.25, 0.3) is 5.91 Å². The lowest BCUT2D eigenvalue weighted by molar-refractivity contribution is -0.135. The molecule has 144 valence electrons. The minimum absolute atomic E-state index is 0.0269. The lowest BCUT2D eigenvalue weighted by Gasteiger charge is -2.26. The molecule has 2 aromatic rings. The molecule has 7 heteroatoms. The Labute approximate surface area is 164 Å². The minimum Gasteiger partial charge on any atom is -0.482 e. The number of nitrogens with zero attached hydrogens (tertiary/aromatic N) is 1. The van der Waals surface area contributed by atoms with E-state index in [0.717, 1.165) is 11.1 Å². The van der Waals surface area contributed by atoms with E-state index in [4.69, 9.17) is 16.3 Å². The minimum atomic E-state index is -3.04. The third-order valence-electron chi connectivity index (χ3n) is 4.70. The number of hydrogen-bond donors (Lipinski definition) is 0. The summed E-state index contributed by atoms with van der Waals surface area (Å²) in [7, 11) is -3.04. The Hall–Kier alpha value is -2.05. The fourth-order valence-electron chi connectivity index (χ4n) is 3.31. The summed E-state index contributed by atoms with van der Waals surface area (Å²) in [5, 5.41) is 0.427. The van der Waals surface area contributed by atoms with E-state index in [9.17, 15) is 13.2 Å². The molecule has 1 amide bonds. The highest BCUT2D eigenvalue weighted by atomic mass is 35.5. The van der Waals surface area contributed by atoms with E-state index in [1.54, 1.807) is 17.0 Å². The largest absolute Gasteiger partial charge is 0.482 e. The molecule has 1 saturated heterocycles. The number of hydrogen-bond acceptors (Lipinski definition) is 4. The first-order valence-corrected chi connectivity index (χ1v) is 11.1. The third kappa shape index (κ3) is 4.82. The monoisotopic (exact) mass is 407 g/mol. The van der Waals surface area contributed by atoms with Crippen LogP contribution in [0.5, 0.6) is 5.75 Å². The van der Waals surface area contributed by atoms with E-state index >= 15 is 0 Å². The van der Waals surface area contributed by atoms with Crippen LogP contribution in [0.15, 0.2) is 48.5 Å². The van der Waals surface area contributed by atoms with Crippen LogP contribution in [-0.4, -0.2) is 49.9 Å². The Morgan fingerprint density at radius 2 is 1.93 bits per heavy atom. The van der Waals surface area contributed by atoms with Crippen LogP contribution < -0.4 is 4.74 Å². The molecule has 1 heterocycles. The maximum Gasteiger partial charge on any atom is 0.260 e. The smallest absolute Gasteiger partial charge is 0.260 e. The molecule has 27 heavy (non-hydrogen) atoms. The molecule has 2 aromatic carbocycles. The predicted octanol–water partition coefficient (Wildman–Crippen LogP) is 3.42. The van der Waals surface area contributed by atoms with Gasteiger partial charge in [-0.1, -0.05) is 48.0 Å². The topological polar surface area (TPSA) is 63.7 Å². The second-order valence-electron chi connectivity index (χ2n) is 6.54. The molecule has 0 radical (unpaired) electrons. The number of likely N-dealkylation sites (N-methyl/N-ethyl adjacent to an activating group) is 1. The van der Waals surface area contributed by atoms with E-state index in [-0.39, 0.29) is 30.1 Å². The number of amides is 1. The summed E-state index contributed by atoms with van der Waals surface area (Å²) >= 11 is 6.31. The highest BCUT2D eigenvalue weighted by molar-refractivity contribution is 7.91. The highest BCUT2D eigenvalue weighted by Crippen LogP contribution is 2.30. The molecule has 1 aliphatic heterocycles. The SMILES string of the molecule is CCN(C(=O)COc1ccc(-c2ccccc2)cc1Cl)C1CCS(=O)(=O)C1. The lowest BCUT2D eigenvalue weighted by Crippen LogP contribution is -2.43. The van der Waals surface area contributed by atoms with E-state index in [1.165, 1.54) is 0 Å². The zero-order valence-corrected chi connectivity index (χ0v) is 16.7. The van der Waals surface area contributed by atoms with Gasteiger partial charge in [-0.15, -0.1) is 0 Å². The van der Waals surface area contributed by atoms with Crippen molar-refractivity contribution in [3.63, 3.8) is 0 Å². The first-order valence-electron chi connectivity index (χ1n) is 8.87. The lowest BCUT2D eigenvalue weighted by atomic mass is 10.1. The Kier molecular flexibility index (Phi) is 6.07. The maximum absolute atomic E-state index is 12.5. The van der Waals surface area contributed by atoms with Gasteiger partial charge in [-0.2, -0.15) is 0 Å². The Morgan fingerprint density at radius 3 is 2.52 bits per heavy atom. The van der Waals surface area contributed by atoms with Crippen molar-refractivity contribution in [2.45, 2.75) is 19.4 Å². The summed E-state index contributed by atoms with van der Waals surface area (Å²) < 4.78 is 29.0. The van der Waals surface area contributed by atoms with Crippen LogP contribution in [-0.2, 0) is 14.6 Å². The fraction of sp³-hybridized carbons (Fsp3) is 0.350. The van der Waals surface area contributed by atoms with Crippen molar-refractivity contribution in [2.75, 3.05) is 24.7 Å². The summed E-state index contributed by atoms with van der Waals surface area (Å²) in [4.78, 5) is 14.1. The van der Waals surface area contributed by atoms with E-state index in [1.807, 2.05) is 43.3 Å². The van der Waals surface area contributed by atoms with Gasteiger partial charge >= 0.3 is 0 Å². The molecular weight excluding hydrogens is 386 g/mol. The second kappa shape index (κ2) is 8.31. The molecular formula is C20H22ClNO4S. The van der Waals surface area contributed by atoms with Gasteiger partial charge in [0.15, 0.2) is 16.4 Å². The van der Waals surface area contributed by atoms with Crippen LogP contribution in [0.2, 0.25) is 5.02 Å². The Bertz CT molecular complexity index is 915. The van der Waals surface area contributed by atoms with E-state index in [0.29, 0.717) is 23.7 Å². The van der Waals surface area contributed by atoms with Crippen molar-refractivity contribution in [1.82, 2.24) is 4.90 Å². The van der Waals surface area contributed by atoms with Gasteiger partial charge < -0.3 is 9.64 Å². The van der Waals surface area contributed by atoms with Crippen molar-refractivity contribution in [1.29, 1.82) is 0 Å². The summed E-state index contributed by atoms with van der Waals surface area (Å²) in [6.07, 6.45) is 0.481. The first-order chi connectivity index (χ1) is 12.9. The maximum atomic E-state index is 12.5. The standard InChI is InChI=1S/C20H22ClNO4S/c1-2-22(17-10-11-27(24,25)14-17)20(23)13-26-19-9-8-16(12-18(19)21)15-6-4-3-5-7-15/h3-9,12,17H,2,10-11,13-14H2,1H3. The van der Waals surface area contributed by atoms with E-state index in [2.05, 4.69) is 0 Å². The molecule has 1 aliphatic rings. The number of halogens is 1. The van der Waals surface area contributed by atoms with Crippen LogP contribution in [0.4, 0.5) is 0 Å². The fourth-order valence-corrected chi connectivity index (χ4v) is 5.28. The van der Waals surface area contributed by atoms with Crippen molar-refractivity contribution in [3.8, 4) is 16.9 Å². The summed E-state index contributed by atoms with van der Waals surface area (Å²) in [5.74, 6) is 0.358. The van der Waals surface area contributed by atoms with Gasteiger partial charge in [0, 0.05) is 12.6 Å². The van der Waals surface area contributed by atoms with Crippen molar-refractivity contribution in [3.05, 3.63) is 53.6 Å². The number of ether oxygens (including phenoxy) is 1. The number of sulfone groups is 1. The predicted molar refractivity (Wildman–Crippen MR) is 107 cm³/mol. The molecule has 0 spiro atoms.